The van der Waals surface area contributed by atoms with Gasteiger partial charge in [0, 0.05) is 5.41 Å². The number of hydrogen-bond acceptors (Lipinski definition) is 1. The van der Waals surface area contributed by atoms with Crippen molar-refractivity contribution in [3.05, 3.63) is 0 Å². The predicted molar refractivity (Wildman–Crippen MR) is 99.7 cm³/mol. The summed E-state index contributed by atoms with van der Waals surface area (Å²) in [6.07, 6.45) is 13.8. The van der Waals surface area contributed by atoms with Crippen LogP contribution in [0.25, 0.3) is 0 Å². The normalized spacial score (nSPS) is 12.3. The zero-order chi connectivity index (χ0) is 16.2. The summed E-state index contributed by atoms with van der Waals surface area (Å²) in [4.78, 5) is 0. The minimum absolute atomic E-state index is 0. The van der Waals surface area contributed by atoms with Crippen LogP contribution in [0.15, 0.2) is 0 Å². The van der Waals surface area contributed by atoms with E-state index in [2.05, 4.69) is 34.6 Å². The Bertz CT molecular complexity index is 224. The van der Waals surface area contributed by atoms with Crippen molar-refractivity contribution in [1.29, 1.82) is 0 Å². The van der Waals surface area contributed by atoms with Gasteiger partial charge in [-0.05, 0) is 32.1 Å². The molecule has 0 fully saturated rings. The first-order chi connectivity index (χ1) is 10.1. The molecule has 0 rings (SSSR count). The van der Waals surface area contributed by atoms with Crippen LogP contribution in [0.2, 0.25) is 0 Å². The highest BCUT2D eigenvalue weighted by atomic mass is 19.1. The van der Waals surface area contributed by atoms with Crippen LogP contribution in [0.3, 0.4) is 0 Å². The zero-order valence-corrected chi connectivity index (χ0v) is 16.3. The Kier molecular flexibility index (Phi) is 14.6. The lowest BCUT2D eigenvalue weighted by Gasteiger charge is -2.46. The topological polar surface area (TPSA) is 35.0 Å². The monoisotopic (exact) mass is 317 g/mol. The lowest BCUT2D eigenvalue weighted by atomic mass is 9.62. The fourth-order valence-corrected chi connectivity index (χ4v) is 3.84. The van der Waals surface area contributed by atoms with Gasteiger partial charge in [0.2, 0.25) is 0 Å². The molecule has 0 aliphatic heterocycles. The third-order valence-corrected chi connectivity index (χ3v) is 5.50. The van der Waals surface area contributed by atoms with E-state index in [1.54, 1.807) is 0 Å². The molecule has 0 aromatic heterocycles. The summed E-state index contributed by atoms with van der Waals surface area (Å²) < 4.78 is 16.1. The molecule has 1 nitrogen and oxygen atoms in total. The highest BCUT2D eigenvalue weighted by molar-refractivity contribution is 4.98. The Balaban J connectivity index is 0. The van der Waals surface area contributed by atoms with E-state index in [1.807, 2.05) is 0 Å². The van der Waals surface area contributed by atoms with E-state index in [-0.39, 0.29) is 11.6 Å². The molecule has 0 saturated heterocycles. The Hall–Kier alpha value is -0.110. The van der Waals surface area contributed by atoms with E-state index in [9.17, 15) is 0 Å². The van der Waals surface area contributed by atoms with Gasteiger partial charge < -0.3 is 6.15 Å². The summed E-state index contributed by atoms with van der Waals surface area (Å²) in [5.74, 6) is 0. The summed E-state index contributed by atoms with van der Waals surface area (Å²) in [7, 11) is 0. The minimum Gasteiger partial charge on any atom is -0.344 e. The number of alkyl halides is 1. The number of hydrogen-bond donors (Lipinski definition) is 1. The summed E-state index contributed by atoms with van der Waals surface area (Å²) in [6, 6.07) is 0. The standard InChI is InChI=1S/C20H41F.H3N/c1-6-11-15-19(10-5,16-12-7-2)20(21,17-13-8-3)18-14-9-4;/h6-18H2,1-5H3;1H3. The van der Waals surface area contributed by atoms with Crippen molar-refractivity contribution in [3.63, 3.8) is 0 Å². The summed E-state index contributed by atoms with van der Waals surface area (Å²) >= 11 is 0. The van der Waals surface area contributed by atoms with E-state index in [0.29, 0.717) is 0 Å². The van der Waals surface area contributed by atoms with Gasteiger partial charge in [0.15, 0.2) is 0 Å². The van der Waals surface area contributed by atoms with Crippen LogP contribution >= 0.6 is 0 Å². The molecule has 0 aromatic carbocycles. The lowest BCUT2D eigenvalue weighted by molar-refractivity contribution is -0.0469. The molecule has 0 atom stereocenters. The molecule has 0 aliphatic carbocycles. The van der Waals surface area contributed by atoms with Crippen LogP contribution in [-0.4, -0.2) is 5.67 Å². The van der Waals surface area contributed by atoms with Crippen LogP contribution in [0.4, 0.5) is 4.39 Å². The fraction of sp³-hybridized carbons (Fsp3) is 1.00. The molecule has 0 amide bonds. The van der Waals surface area contributed by atoms with Crippen LogP contribution in [0.5, 0.6) is 0 Å². The number of halogens is 1. The second-order valence-electron chi connectivity index (χ2n) is 7.01. The molecule has 0 unspecified atom stereocenters. The van der Waals surface area contributed by atoms with Crippen molar-refractivity contribution in [3.8, 4) is 0 Å². The molecule has 22 heavy (non-hydrogen) atoms. The summed E-state index contributed by atoms with van der Waals surface area (Å²) in [5, 5.41) is 0. The van der Waals surface area contributed by atoms with Gasteiger partial charge in [0.1, 0.15) is 5.67 Å². The lowest BCUT2D eigenvalue weighted by Crippen LogP contribution is -2.45. The number of rotatable bonds is 14. The van der Waals surface area contributed by atoms with Crippen molar-refractivity contribution in [2.75, 3.05) is 0 Å². The van der Waals surface area contributed by atoms with Gasteiger partial charge >= 0.3 is 0 Å². The molecule has 0 radical (unpaired) electrons. The maximum absolute atomic E-state index is 16.1. The zero-order valence-electron chi connectivity index (χ0n) is 16.3. The quantitative estimate of drug-likeness (QED) is 0.346. The van der Waals surface area contributed by atoms with Gasteiger partial charge in [-0.25, -0.2) is 4.39 Å². The fourth-order valence-electron chi connectivity index (χ4n) is 3.84. The van der Waals surface area contributed by atoms with Gasteiger partial charge in [0.05, 0.1) is 0 Å². The molecule has 0 aromatic rings. The molecule has 2 heteroatoms. The average Bonchev–Trinajstić information content (AvgIpc) is 2.51. The van der Waals surface area contributed by atoms with E-state index in [0.717, 1.165) is 57.8 Å². The van der Waals surface area contributed by atoms with Crippen molar-refractivity contribution in [2.45, 2.75) is 124 Å². The molecule has 0 bridgehead atoms. The van der Waals surface area contributed by atoms with Crippen molar-refractivity contribution >= 4 is 0 Å². The van der Waals surface area contributed by atoms with Crippen molar-refractivity contribution < 1.29 is 4.39 Å². The van der Waals surface area contributed by atoms with E-state index in [1.165, 1.54) is 25.7 Å². The highest BCUT2D eigenvalue weighted by Gasteiger charge is 2.48. The number of unbranched alkanes of at least 4 members (excludes halogenated alkanes) is 4. The average molecular weight is 318 g/mol. The Morgan fingerprint density at radius 1 is 0.591 bits per heavy atom. The van der Waals surface area contributed by atoms with Gasteiger partial charge in [-0.1, -0.05) is 86.0 Å². The third-order valence-electron chi connectivity index (χ3n) is 5.50. The highest BCUT2D eigenvalue weighted by Crippen LogP contribution is 2.51. The summed E-state index contributed by atoms with van der Waals surface area (Å²) in [6.45, 7) is 11.1. The van der Waals surface area contributed by atoms with Crippen LogP contribution in [0, 0.1) is 5.41 Å². The van der Waals surface area contributed by atoms with Crippen LogP contribution < -0.4 is 6.15 Å². The molecule has 0 saturated carbocycles. The van der Waals surface area contributed by atoms with Gasteiger partial charge in [-0.2, -0.15) is 0 Å². The van der Waals surface area contributed by atoms with Gasteiger partial charge in [-0.15, -0.1) is 0 Å². The second kappa shape index (κ2) is 13.3. The molecule has 3 N–H and O–H groups in total. The third kappa shape index (κ3) is 6.98. The van der Waals surface area contributed by atoms with Crippen LogP contribution in [-0.2, 0) is 0 Å². The van der Waals surface area contributed by atoms with E-state index >= 15 is 4.39 Å². The molecule has 0 aliphatic rings. The van der Waals surface area contributed by atoms with Crippen molar-refractivity contribution in [2.24, 2.45) is 5.41 Å². The molecule has 0 heterocycles. The molecular formula is C20H44FN. The molecular weight excluding hydrogens is 273 g/mol. The first-order valence-corrected chi connectivity index (χ1v) is 9.74. The first kappa shape index (κ1) is 24.1. The Morgan fingerprint density at radius 3 is 1.18 bits per heavy atom. The minimum atomic E-state index is -0.932. The Morgan fingerprint density at radius 2 is 0.909 bits per heavy atom. The SMILES string of the molecule is CCCCC(F)(CCCC)C(CC)(CCCC)CCCC.N. The molecule has 136 valence electrons. The molecule has 0 spiro atoms. The van der Waals surface area contributed by atoms with E-state index < -0.39 is 5.67 Å². The smallest absolute Gasteiger partial charge is 0.116 e. The van der Waals surface area contributed by atoms with Crippen LogP contribution in [0.1, 0.15) is 118 Å². The first-order valence-electron chi connectivity index (χ1n) is 9.74. The second-order valence-corrected chi connectivity index (χ2v) is 7.01. The maximum atomic E-state index is 16.1. The van der Waals surface area contributed by atoms with E-state index in [4.69, 9.17) is 0 Å². The summed E-state index contributed by atoms with van der Waals surface area (Å²) in [5.41, 5.74) is -0.999. The largest absolute Gasteiger partial charge is 0.344 e. The van der Waals surface area contributed by atoms with Crippen molar-refractivity contribution in [1.82, 2.24) is 6.15 Å². The Labute approximate surface area is 140 Å². The van der Waals surface area contributed by atoms with Gasteiger partial charge in [0.25, 0.3) is 0 Å². The maximum Gasteiger partial charge on any atom is 0.116 e. The predicted octanol–water partition coefficient (Wildman–Crippen LogP) is 8.01. The van der Waals surface area contributed by atoms with Gasteiger partial charge in [-0.3, -0.25) is 0 Å².